The fourth-order valence-electron chi connectivity index (χ4n) is 3.51. The second-order valence-electron chi connectivity index (χ2n) is 5.74. The molecular weight excluding hydrogens is 304 g/mol. The Hall–Kier alpha value is -1.31. The first-order valence-corrected chi connectivity index (χ1v) is 8.97. The number of fused-ring (bicyclic) bond motifs is 1. The third kappa shape index (κ3) is 2.47. The average molecular weight is 326 g/mol. The number of hydrogen-bond acceptors (Lipinski definition) is 5. The molecular formula is C15H22N2O4S. The van der Waals surface area contributed by atoms with Crippen molar-refractivity contribution >= 4 is 10.0 Å². The minimum atomic E-state index is -3.66. The highest BCUT2D eigenvalue weighted by Crippen LogP contribution is 2.38. The summed E-state index contributed by atoms with van der Waals surface area (Å²) in [7, 11) is -0.706. The molecule has 1 aromatic carbocycles. The van der Waals surface area contributed by atoms with Crippen LogP contribution in [0.3, 0.4) is 0 Å². The maximum absolute atomic E-state index is 13.2. The van der Waals surface area contributed by atoms with Crippen molar-refractivity contribution in [3.63, 3.8) is 0 Å². The van der Waals surface area contributed by atoms with Gasteiger partial charge in [-0.2, -0.15) is 4.31 Å². The summed E-state index contributed by atoms with van der Waals surface area (Å²) in [5.74, 6) is 1.05. The molecule has 1 aromatic rings. The van der Waals surface area contributed by atoms with Crippen LogP contribution in [0, 0.1) is 5.92 Å². The van der Waals surface area contributed by atoms with Crippen LogP contribution in [0.1, 0.15) is 12.8 Å². The van der Waals surface area contributed by atoms with Gasteiger partial charge in [-0.05, 0) is 37.4 Å². The summed E-state index contributed by atoms with van der Waals surface area (Å²) >= 11 is 0. The van der Waals surface area contributed by atoms with Crippen molar-refractivity contribution in [1.29, 1.82) is 0 Å². The molecule has 0 bridgehead atoms. The zero-order chi connectivity index (χ0) is 15.7. The maximum atomic E-state index is 13.2. The summed E-state index contributed by atoms with van der Waals surface area (Å²) in [6, 6.07) is 5.06. The van der Waals surface area contributed by atoms with Crippen molar-refractivity contribution in [3.05, 3.63) is 18.2 Å². The number of nitrogens with one attached hydrogen (secondary N) is 1. The molecule has 2 aliphatic heterocycles. The summed E-state index contributed by atoms with van der Waals surface area (Å²) in [4.78, 5) is 0.132. The van der Waals surface area contributed by atoms with Crippen LogP contribution < -0.4 is 14.8 Å². The molecule has 0 amide bonds. The lowest BCUT2D eigenvalue weighted by Gasteiger charge is -2.36. The molecule has 0 aliphatic carbocycles. The van der Waals surface area contributed by atoms with Crippen LogP contribution in [0.2, 0.25) is 0 Å². The molecule has 6 nitrogen and oxygen atoms in total. The third-order valence-electron chi connectivity index (χ3n) is 4.58. The van der Waals surface area contributed by atoms with E-state index in [0.717, 1.165) is 19.4 Å². The predicted molar refractivity (Wildman–Crippen MR) is 82.8 cm³/mol. The van der Waals surface area contributed by atoms with E-state index in [4.69, 9.17) is 9.47 Å². The highest BCUT2D eigenvalue weighted by atomic mass is 32.2. The van der Waals surface area contributed by atoms with Gasteiger partial charge in [-0.25, -0.2) is 8.42 Å². The lowest BCUT2D eigenvalue weighted by atomic mass is 9.94. The molecule has 2 saturated heterocycles. The van der Waals surface area contributed by atoms with E-state index in [1.807, 2.05) is 0 Å². The SMILES string of the molecule is COc1cccc(OC)c1S(=O)(=O)N1CCC[C@H]2CNC[C@H]21. The average Bonchev–Trinajstić information content (AvgIpc) is 3.02. The first kappa shape index (κ1) is 15.6. The Kier molecular flexibility index (Phi) is 4.29. The van der Waals surface area contributed by atoms with E-state index < -0.39 is 10.0 Å². The Morgan fingerprint density at radius 1 is 1.18 bits per heavy atom. The first-order chi connectivity index (χ1) is 10.6. The Morgan fingerprint density at radius 3 is 2.50 bits per heavy atom. The summed E-state index contributed by atoms with van der Waals surface area (Å²) < 4.78 is 38.6. The van der Waals surface area contributed by atoms with Gasteiger partial charge < -0.3 is 14.8 Å². The number of piperidine rings is 1. The fraction of sp³-hybridized carbons (Fsp3) is 0.600. The second kappa shape index (κ2) is 6.06. The highest BCUT2D eigenvalue weighted by Gasteiger charge is 2.43. The lowest BCUT2D eigenvalue weighted by Crippen LogP contribution is -2.48. The molecule has 1 N–H and O–H groups in total. The van der Waals surface area contributed by atoms with Gasteiger partial charge in [0, 0.05) is 19.1 Å². The quantitative estimate of drug-likeness (QED) is 0.897. The molecule has 0 spiro atoms. The van der Waals surface area contributed by atoms with Gasteiger partial charge in [-0.1, -0.05) is 6.07 Å². The van der Waals surface area contributed by atoms with Gasteiger partial charge in [-0.15, -0.1) is 0 Å². The summed E-state index contributed by atoms with van der Waals surface area (Å²) in [6.45, 7) is 2.15. The van der Waals surface area contributed by atoms with E-state index in [9.17, 15) is 8.42 Å². The number of sulfonamides is 1. The van der Waals surface area contributed by atoms with Gasteiger partial charge >= 0.3 is 0 Å². The van der Waals surface area contributed by atoms with Crippen LogP contribution in [-0.4, -0.2) is 52.6 Å². The minimum Gasteiger partial charge on any atom is -0.495 e. The molecule has 0 saturated carbocycles. The van der Waals surface area contributed by atoms with E-state index in [2.05, 4.69) is 5.32 Å². The zero-order valence-electron chi connectivity index (χ0n) is 12.9. The summed E-state index contributed by atoms with van der Waals surface area (Å²) in [5, 5.41) is 3.31. The molecule has 0 aromatic heterocycles. The standard InChI is InChI=1S/C15H22N2O4S/c1-20-13-6-3-7-14(21-2)15(13)22(18,19)17-8-4-5-11-9-16-10-12(11)17/h3,6-7,11-12,16H,4-5,8-10H2,1-2H3/t11-,12+/m0/s1. The minimum absolute atomic E-state index is 0.0216. The van der Waals surface area contributed by atoms with E-state index in [1.165, 1.54) is 14.2 Å². The Labute approximate surface area is 131 Å². The van der Waals surface area contributed by atoms with Gasteiger partial charge in [0.05, 0.1) is 14.2 Å². The van der Waals surface area contributed by atoms with Gasteiger partial charge in [0.2, 0.25) is 0 Å². The zero-order valence-corrected chi connectivity index (χ0v) is 13.7. The Bertz CT molecular complexity index is 625. The Morgan fingerprint density at radius 2 is 1.86 bits per heavy atom. The van der Waals surface area contributed by atoms with Crippen LogP contribution in [0.4, 0.5) is 0 Å². The lowest BCUT2D eigenvalue weighted by molar-refractivity contribution is 0.216. The first-order valence-electron chi connectivity index (χ1n) is 7.53. The molecule has 2 aliphatic rings. The van der Waals surface area contributed by atoms with E-state index in [-0.39, 0.29) is 10.9 Å². The largest absolute Gasteiger partial charge is 0.495 e. The van der Waals surface area contributed by atoms with Crippen molar-refractivity contribution in [2.24, 2.45) is 5.92 Å². The van der Waals surface area contributed by atoms with Crippen molar-refractivity contribution in [2.45, 2.75) is 23.8 Å². The molecule has 0 radical (unpaired) electrons. The monoisotopic (exact) mass is 326 g/mol. The van der Waals surface area contributed by atoms with Crippen LogP contribution >= 0.6 is 0 Å². The highest BCUT2D eigenvalue weighted by molar-refractivity contribution is 7.89. The van der Waals surface area contributed by atoms with Gasteiger partial charge in [0.15, 0.2) is 4.90 Å². The smallest absolute Gasteiger partial charge is 0.250 e. The third-order valence-corrected chi connectivity index (χ3v) is 6.57. The van der Waals surface area contributed by atoms with Crippen LogP contribution in [-0.2, 0) is 10.0 Å². The second-order valence-corrected chi connectivity index (χ2v) is 7.56. The van der Waals surface area contributed by atoms with E-state index in [1.54, 1.807) is 22.5 Å². The van der Waals surface area contributed by atoms with Gasteiger partial charge in [0.1, 0.15) is 11.5 Å². The van der Waals surface area contributed by atoms with Gasteiger partial charge in [0.25, 0.3) is 10.0 Å². The maximum Gasteiger partial charge on any atom is 0.250 e. The number of hydrogen-bond donors (Lipinski definition) is 1. The van der Waals surface area contributed by atoms with E-state index in [0.29, 0.717) is 30.5 Å². The topological polar surface area (TPSA) is 67.9 Å². The van der Waals surface area contributed by atoms with Crippen LogP contribution in [0.25, 0.3) is 0 Å². The molecule has 3 rings (SSSR count). The molecule has 2 heterocycles. The van der Waals surface area contributed by atoms with Gasteiger partial charge in [-0.3, -0.25) is 0 Å². The number of nitrogens with zero attached hydrogens (tertiary/aromatic N) is 1. The van der Waals surface area contributed by atoms with Crippen molar-refractivity contribution < 1.29 is 17.9 Å². The number of benzene rings is 1. The van der Waals surface area contributed by atoms with Crippen molar-refractivity contribution in [2.75, 3.05) is 33.9 Å². The number of ether oxygens (including phenoxy) is 2. The summed E-state index contributed by atoms with van der Waals surface area (Å²) in [5.41, 5.74) is 0. The molecule has 22 heavy (non-hydrogen) atoms. The van der Waals surface area contributed by atoms with Crippen molar-refractivity contribution in [3.8, 4) is 11.5 Å². The molecule has 2 fully saturated rings. The van der Waals surface area contributed by atoms with Crippen molar-refractivity contribution in [1.82, 2.24) is 9.62 Å². The Balaban J connectivity index is 2.06. The number of rotatable bonds is 4. The van der Waals surface area contributed by atoms with Crippen LogP contribution in [0.5, 0.6) is 11.5 Å². The molecule has 122 valence electrons. The number of methoxy groups -OCH3 is 2. The molecule has 0 unspecified atom stereocenters. The van der Waals surface area contributed by atoms with E-state index >= 15 is 0 Å². The normalized spacial score (nSPS) is 25.7. The molecule has 7 heteroatoms. The predicted octanol–water partition coefficient (Wildman–Crippen LogP) is 1.08. The fourth-order valence-corrected chi connectivity index (χ4v) is 5.53. The molecule has 2 atom stereocenters. The van der Waals surface area contributed by atoms with Crippen LogP contribution in [0.15, 0.2) is 23.1 Å². The summed E-state index contributed by atoms with van der Waals surface area (Å²) in [6.07, 6.45) is 1.96.